The smallest absolute Gasteiger partial charge is 0.338 e. The van der Waals surface area contributed by atoms with Crippen LogP contribution in [0.1, 0.15) is 22.8 Å². The van der Waals surface area contributed by atoms with Gasteiger partial charge in [-0.1, -0.05) is 22.9 Å². The van der Waals surface area contributed by atoms with Crippen molar-refractivity contribution in [3.8, 4) is 0 Å². The molecular formula is C18H17ClN4O3. The molecule has 0 atom stereocenters. The minimum absolute atomic E-state index is 0.312. The number of rotatable bonds is 5. The minimum atomic E-state index is -0.601. The number of carbonyl (C=O) groups is 2. The molecule has 0 fully saturated rings. The third kappa shape index (κ3) is 3.83. The quantitative estimate of drug-likeness (QED) is 0.695. The van der Waals surface area contributed by atoms with Gasteiger partial charge in [-0.3, -0.25) is 4.79 Å². The van der Waals surface area contributed by atoms with E-state index in [4.69, 9.17) is 16.3 Å². The molecule has 3 aromatic rings. The van der Waals surface area contributed by atoms with Crippen molar-refractivity contribution in [1.29, 1.82) is 0 Å². The highest BCUT2D eigenvalue weighted by molar-refractivity contribution is 6.31. The van der Waals surface area contributed by atoms with Gasteiger partial charge in [0.05, 0.1) is 11.1 Å². The molecule has 0 unspecified atom stereocenters. The molecule has 7 nitrogen and oxygen atoms in total. The van der Waals surface area contributed by atoms with Crippen LogP contribution in [0.3, 0.4) is 0 Å². The molecule has 3 rings (SSSR count). The molecule has 0 aliphatic rings. The molecule has 0 radical (unpaired) electrons. The SMILES string of the molecule is CCn1nnc2cc(C(=O)OCC(=O)Nc3cc(Cl)ccc3C)ccc21. The zero-order chi connectivity index (χ0) is 18.7. The molecule has 0 saturated heterocycles. The van der Waals surface area contributed by atoms with Gasteiger partial charge in [0.2, 0.25) is 0 Å². The van der Waals surface area contributed by atoms with Gasteiger partial charge in [0.1, 0.15) is 5.52 Å². The van der Waals surface area contributed by atoms with Gasteiger partial charge in [0.25, 0.3) is 5.91 Å². The summed E-state index contributed by atoms with van der Waals surface area (Å²) in [6.07, 6.45) is 0. The Morgan fingerprint density at radius 2 is 2.04 bits per heavy atom. The second-order valence-electron chi connectivity index (χ2n) is 5.69. The fourth-order valence-corrected chi connectivity index (χ4v) is 2.63. The number of amides is 1. The van der Waals surface area contributed by atoms with Crippen molar-refractivity contribution in [2.45, 2.75) is 20.4 Å². The van der Waals surface area contributed by atoms with E-state index in [0.29, 0.717) is 28.3 Å². The summed E-state index contributed by atoms with van der Waals surface area (Å²) in [5, 5.41) is 11.2. The van der Waals surface area contributed by atoms with Crippen molar-refractivity contribution < 1.29 is 14.3 Å². The van der Waals surface area contributed by atoms with Gasteiger partial charge < -0.3 is 10.1 Å². The summed E-state index contributed by atoms with van der Waals surface area (Å²) in [7, 11) is 0. The molecular weight excluding hydrogens is 356 g/mol. The van der Waals surface area contributed by atoms with Crippen molar-refractivity contribution in [3.05, 3.63) is 52.5 Å². The molecule has 0 aliphatic heterocycles. The monoisotopic (exact) mass is 372 g/mol. The van der Waals surface area contributed by atoms with Crippen molar-refractivity contribution in [2.24, 2.45) is 0 Å². The van der Waals surface area contributed by atoms with Crippen LogP contribution < -0.4 is 5.32 Å². The molecule has 1 aromatic heterocycles. The first-order chi connectivity index (χ1) is 12.5. The highest BCUT2D eigenvalue weighted by Crippen LogP contribution is 2.20. The average molecular weight is 373 g/mol. The highest BCUT2D eigenvalue weighted by Gasteiger charge is 2.13. The zero-order valence-corrected chi connectivity index (χ0v) is 15.1. The van der Waals surface area contributed by atoms with Crippen LogP contribution in [0.15, 0.2) is 36.4 Å². The Morgan fingerprint density at radius 1 is 1.23 bits per heavy atom. The molecule has 1 amide bonds. The van der Waals surface area contributed by atoms with Crippen molar-refractivity contribution in [2.75, 3.05) is 11.9 Å². The maximum Gasteiger partial charge on any atom is 0.338 e. The van der Waals surface area contributed by atoms with Crippen LogP contribution >= 0.6 is 11.6 Å². The van der Waals surface area contributed by atoms with Gasteiger partial charge >= 0.3 is 5.97 Å². The number of nitrogens with zero attached hydrogens (tertiary/aromatic N) is 3. The maximum atomic E-state index is 12.2. The molecule has 0 aliphatic carbocycles. The zero-order valence-electron chi connectivity index (χ0n) is 14.3. The molecule has 0 bridgehead atoms. The Balaban J connectivity index is 1.63. The number of fused-ring (bicyclic) bond motifs is 1. The number of anilines is 1. The van der Waals surface area contributed by atoms with Crippen LogP contribution in [0.25, 0.3) is 11.0 Å². The third-order valence-electron chi connectivity index (χ3n) is 3.86. The molecule has 8 heteroatoms. The number of aromatic nitrogens is 3. The average Bonchev–Trinajstić information content (AvgIpc) is 3.05. The van der Waals surface area contributed by atoms with E-state index < -0.39 is 18.5 Å². The van der Waals surface area contributed by atoms with Gasteiger partial charge in [-0.25, -0.2) is 9.48 Å². The summed E-state index contributed by atoms with van der Waals surface area (Å²) in [6, 6.07) is 10.1. The first kappa shape index (κ1) is 17.9. The van der Waals surface area contributed by atoms with Gasteiger partial charge in [0.15, 0.2) is 6.61 Å². The summed E-state index contributed by atoms with van der Waals surface area (Å²) in [6.45, 7) is 4.08. The molecule has 26 heavy (non-hydrogen) atoms. The van der Waals surface area contributed by atoms with Crippen molar-refractivity contribution in [1.82, 2.24) is 15.0 Å². The summed E-state index contributed by atoms with van der Waals surface area (Å²) >= 11 is 5.92. The molecule has 134 valence electrons. The minimum Gasteiger partial charge on any atom is -0.452 e. The maximum absolute atomic E-state index is 12.2. The van der Waals surface area contributed by atoms with Crippen LogP contribution in [-0.4, -0.2) is 33.5 Å². The lowest BCUT2D eigenvalue weighted by atomic mass is 10.2. The van der Waals surface area contributed by atoms with Gasteiger partial charge in [-0.05, 0) is 49.7 Å². The Kier molecular flexibility index (Phi) is 5.18. The van der Waals surface area contributed by atoms with Crippen LogP contribution in [0.5, 0.6) is 0 Å². The van der Waals surface area contributed by atoms with Crippen LogP contribution in [0, 0.1) is 6.92 Å². The lowest BCUT2D eigenvalue weighted by Crippen LogP contribution is -2.21. The standard InChI is InChI=1S/C18H17ClN4O3/c1-3-23-16-7-5-12(8-15(16)21-22-23)18(25)26-10-17(24)20-14-9-13(19)6-4-11(14)2/h4-9H,3,10H2,1-2H3,(H,20,24). The van der Waals surface area contributed by atoms with E-state index in [1.165, 1.54) is 0 Å². The molecule has 2 aromatic carbocycles. The lowest BCUT2D eigenvalue weighted by Gasteiger charge is -2.09. The molecule has 1 heterocycles. The molecule has 1 N–H and O–H groups in total. The Hall–Kier alpha value is -2.93. The number of nitrogens with one attached hydrogen (secondary N) is 1. The largest absolute Gasteiger partial charge is 0.452 e. The number of benzene rings is 2. The summed E-state index contributed by atoms with van der Waals surface area (Å²) < 4.78 is 6.80. The number of ether oxygens (including phenoxy) is 1. The fraction of sp³-hybridized carbons (Fsp3) is 0.222. The summed E-state index contributed by atoms with van der Waals surface area (Å²) in [5.74, 6) is -1.04. The van der Waals surface area contributed by atoms with E-state index in [9.17, 15) is 9.59 Å². The third-order valence-corrected chi connectivity index (χ3v) is 4.09. The molecule has 0 saturated carbocycles. The lowest BCUT2D eigenvalue weighted by molar-refractivity contribution is -0.119. The topological polar surface area (TPSA) is 86.1 Å². The number of halogens is 1. The van der Waals surface area contributed by atoms with E-state index >= 15 is 0 Å². The number of aryl methyl sites for hydroxylation is 2. The Labute approximate surface area is 154 Å². The van der Waals surface area contributed by atoms with Crippen LogP contribution in [-0.2, 0) is 16.1 Å². The van der Waals surface area contributed by atoms with Crippen molar-refractivity contribution in [3.63, 3.8) is 0 Å². The number of esters is 1. The summed E-state index contributed by atoms with van der Waals surface area (Å²) in [4.78, 5) is 24.2. The predicted octanol–water partition coefficient (Wildman–Crippen LogP) is 3.21. The van der Waals surface area contributed by atoms with Crippen molar-refractivity contribution >= 4 is 40.2 Å². The van der Waals surface area contributed by atoms with Gasteiger partial charge in [-0.2, -0.15) is 0 Å². The highest BCUT2D eigenvalue weighted by atomic mass is 35.5. The van der Waals surface area contributed by atoms with Crippen LogP contribution in [0.4, 0.5) is 5.69 Å². The normalized spacial score (nSPS) is 10.7. The fourth-order valence-electron chi connectivity index (χ4n) is 2.46. The van der Waals surface area contributed by atoms with Gasteiger partial charge in [-0.15, -0.1) is 5.10 Å². The van der Waals surface area contributed by atoms with E-state index in [1.54, 1.807) is 41.1 Å². The van der Waals surface area contributed by atoms with Crippen LogP contribution in [0.2, 0.25) is 5.02 Å². The second kappa shape index (κ2) is 7.53. The number of carbonyl (C=O) groups excluding carboxylic acids is 2. The number of hydrogen-bond acceptors (Lipinski definition) is 5. The second-order valence-corrected chi connectivity index (χ2v) is 6.13. The summed E-state index contributed by atoms with van der Waals surface area (Å²) in [5.41, 5.74) is 3.18. The predicted molar refractivity (Wildman–Crippen MR) is 98.3 cm³/mol. The van der Waals surface area contributed by atoms with E-state index in [0.717, 1.165) is 11.1 Å². The Bertz CT molecular complexity index is 984. The van der Waals surface area contributed by atoms with Gasteiger partial charge in [0, 0.05) is 17.3 Å². The Morgan fingerprint density at radius 3 is 2.81 bits per heavy atom. The molecule has 0 spiro atoms. The first-order valence-corrected chi connectivity index (χ1v) is 8.42. The van der Waals surface area contributed by atoms with E-state index in [2.05, 4.69) is 15.6 Å². The first-order valence-electron chi connectivity index (χ1n) is 8.04. The van der Waals surface area contributed by atoms with E-state index in [1.807, 2.05) is 13.8 Å². The van der Waals surface area contributed by atoms with E-state index in [-0.39, 0.29) is 0 Å². The number of hydrogen-bond donors (Lipinski definition) is 1.